The quantitative estimate of drug-likeness (QED) is 0.854. The largest absolute Gasteiger partial charge is 0.456 e. The van der Waals surface area contributed by atoms with Gasteiger partial charge in [0.2, 0.25) is 0 Å². The first kappa shape index (κ1) is 14.4. The molecule has 0 atom stereocenters. The molecule has 1 aliphatic rings. The van der Waals surface area contributed by atoms with Crippen molar-refractivity contribution in [2.24, 2.45) is 0 Å². The van der Waals surface area contributed by atoms with Crippen molar-refractivity contribution in [1.29, 1.82) is 0 Å². The van der Waals surface area contributed by atoms with Gasteiger partial charge in [0.05, 0.1) is 5.02 Å². The third-order valence-corrected chi connectivity index (χ3v) is 3.73. The lowest BCUT2D eigenvalue weighted by molar-refractivity contribution is 0.475. The molecule has 1 saturated carbocycles. The van der Waals surface area contributed by atoms with Crippen LogP contribution in [0.15, 0.2) is 36.4 Å². The molecule has 0 unspecified atom stereocenters. The van der Waals surface area contributed by atoms with Gasteiger partial charge in [0, 0.05) is 18.7 Å². The van der Waals surface area contributed by atoms with Gasteiger partial charge in [0.25, 0.3) is 0 Å². The van der Waals surface area contributed by atoms with Gasteiger partial charge in [-0.2, -0.15) is 0 Å². The zero-order valence-electron chi connectivity index (χ0n) is 11.8. The van der Waals surface area contributed by atoms with Gasteiger partial charge in [-0.05, 0) is 55.2 Å². The SMILES string of the molecule is Cc1ccc(Cl)c(Oc2cc(F)cc(CNC3CC3)c2)c1. The van der Waals surface area contributed by atoms with Crippen LogP contribution < -0.4 is 10.1 Å². The number of rotatable bonds is 5. The van der Waals surface area contributed by atoms with Crippen LogP contribution in [-0.4, -0.2) is 6.04 Å². The fraction of sp³-hybridized carbons (Fsp3) is 0.294. The van der Waals surface area contributed by atoms with E-state index >= 15 is 0 Å². The topological polar surface area (TPSA) is 21.3 Å². The fourth-order valence-electron chi connectivity index (χ4n) is 2.15. The molecule has 0 radical (unpaired) electrons. The molecule has 0 bridgehead atoms. The standard InChI is InChI=1S/C17H17ClFNO/c1-11-2-5-16(18)17(6-11)21-15-8-12(7-13(19)9-15)10-20-14-3-4-14/h2,5-9,14,20H,3-4,10H2,1H3. The lowest BCUT2D eigenvalue weighted by atomic mass is 10.2. The lowest BCUT2D eigenvalue weighted by Crippen LogP contribution is -2.15. The number of hydrogen-bond donors (Lipinski definition) is 1. The number of aryl methyl sites for hydroxylation is 1. The van der Waals surface area contributed by atoms with Crippen LogP contribution in [0.4, 0.5) is 4.39 Å². The summed E-state index contributed by atoms with van der Waals surface area (Å²) in [7, 11) is 0. The molecule has 1 N–H and O–H groups in total. The van der Waals surface area contributed by atoms with Crippen molar-refractivity contribution in [2.75, 3.05) is 0 Å². The predicted octanol–water partition coefficient (Wildman–Crippen LogP) is 4.83. The van der Waals surface area contributed by atoms with E-state index in [0.29, 0.717) is 29.1 Å². The number of nitrogens with one attached hydrogen (secondary N) is 1. The maximum atomic E-state index is 13.7. The Hall–Kier alpha value is -1.58. The van der Waals surface area contributed by atoms with Crippen molar-refractivity contribution in [3.63, 3.8) is 0 Å². The molecule has 110 valence electrons. The molecule has 4 heteroatoms. The maximum Gasteiger partial charge on any atom is 0.146 e. The van der Waals surface area contributed by atoms with Crippen LogP contribution >= 0.6 is 11.6 Å². The van der Waals surface area contributed by atoms with E-state index in [1.165, 1.54) is 25.0 Å². The molecule has 0 saturated heterocycles. The zero-order chi connectivity index (χ0) is 14.8. The van der Waals surface area contributed by atoms with E-state index in [2.05, 4.69) is 5.32 Å². The van der Waals surface area contributed by atoms with E-state index in [1.54, 1.807) is 6.07 Å². The predicted molar refractivity (Wildman–Crippen MR) is 82.5 cm³/mol. The summed E-state index contributed by atoms with van der Waals surface area (Å²) in [6.45, 7) is 2.61. The Morgan fingerprint density at radius 1 is 1.24 bits per heavy atom. The summed E-state index contributed by atoms with van der Waals surface area (Å²) in [5.74, 6) is 0.710. The smallest absolute Gasteiger partial charge is 0.146 e. The molecule has 0 aliphatic heterocycles. The Labute approximate surface area is 128 Å². The van der Waals surface area contributed by atoms with E-state index in [0.717, 1.165) is 11.1 Å². The average molecular weight is 306 g/mol. The second-order valence-electron chi connectivity index (χ2n) is 5.49. The van der Waals surface area contributed by atoms with Gasteiger partial charge in [-0.1, -0.05) is 17.7 Å². The normalized spacial score (nSPS) is 14.2. The minimum Gasteiger partial charge on any atom is -0.456 e. The molecular weight excluding hydrogens is 289 g/mol. The fourth-order valence-corrected chi connectivity index (χ4v) is 2.30. The monoisotopic (exact) mass is 305 g/mol. The summed E-state index contributed by atoms with van der Waals surface area (Å²) in [5, 5.41) is 3.88. The Balaban J connectivity index is 1.78. The van der Waals surface area contributed by atoms with Crippen LogP contribution in [0.2, 0.25) is 5.02 Å². The second kappa shape index (κ2) is 6.04. The number of benzene rings is 2. The first-order valence-electron chi connectivity index (χ1n) is 7.07. The highest BCUT2D eigenvalue weighted by atomic mass is 35.5. The minimum absolute atomic E-state index is 0.302. The molecule has 0 heterocycles. The first-order chi connectivity index (χ1) is 10.1. The van der Waals surface area contributed by atoms with E-state index in [4.69, 9.17) is 16.3 Å². The van der Waals surface area contributed by atoms with Crippen molar-refractivity contribution in [1.82, 2.24) is 5.32 Å². The Bertz CT molecular complexity index is 655. The molecule has 1 aliphatic carbocycles. The summed E-state index contributed by atoms with van der Waals surface area (Å²) >= 11 is 6.11. The maximum absolute atomic E-state index is 13.7. The molecule has 2 aromatic rings. The van der Waals surface area contributed by atoms with Crippen molar-refractivity contribution < 1.29 is 9.13 Å². The third-order valence-electron chi connectivity index (χ3n) is 3.42. The van der Waals surface area contributed by atoms with E-state index in [9.17, 15) is 4.39 Å². The van der Waals surface area contributed by atoms with E-state index < -0.39 is 0 Å². The highest BCUT2D eigenvalue weighted by Gasteiger charge is 2.20. The highest BCUT2D eigenvalue weighted by Crippen LogP contribution is 2.31. The van der Waals surface area contributed by atoms with Crippen LogP contribution in [0.25, 0.3) is 0 Å². The van der Waals surface area contributed by atoms with Crippen molar-refractivity contribution in [3.8, 4) is 11.5 Å². The molecule has 0 aromatic heterocycles. The second-order valence-corrected chi connectivity index (χ2v) is 5.89. The van der Waals surface area contributed by atoms with Crippen LogP contribution in [0.5, 0.6) is 11.5 Å². The molecule has 2 nitrogen and oxygen atoms in total. The molecular formula is C17H17ClFNO. The van der Waals surface area contributed by atoms with E-state index in [-0.39, 0.29) is 5.82 Å². The molecule has 1 fully saturated rings. The lowest BCUT2D eigenvalue weighted by Gasteiger charge is -2.11. The van der Waals surface area contributed by atoms with Gasteiger partial charge >= 0.3 is 0 Å². The van der Waals surface area contributed by atoms with Gasteiger partial charge in [-0.25, -0.2) is 4.39 Å². The van der Waals surface area contributed by atoms with Gasteiger partial charge in [-0.3, -0.25) is 0 Å². The van der Waals surface area contributed by atoms with Crippen LogP contribution in [-0.2, 0) is 6.54 Å². The Morgan fingerprint density at radius 3 is 2.81 bits per heavy atom. The van der Waals surface area contributed by atoms with Gasteiger partial charge in [0.15, 0.2) is 0 Å². The minimum atomic E-state index is -0.302. The Morgan fingerprint density at radius 2 is 2.05 bits per heavy atom. The summed E-state index contributed by atoms with van der Waals surface area (Å²) in [6.07, 6.45) is 2.41. The summed E-state index contributed by atoms with van der Waals surface area (Å²) in [4.78, 5) is 0. The first-order valence-corrected chi connectivity index (χ1v) is 7.45. The molecule has 2 aromatic carbocycles. The average Bonchev–Trinajstić information content (AvgIpc) is 3.24. The molecule has 21 heavy (non-hydrogen) atoms. The number of hydrogen-bond acceptors (Lipinski definition) is 2. The van der Waals surface area contributed by atoms with Gasteiger partial charge in [-0.15, -0.1) is 0 Å². The highest BCUT2D eigenvalue weighted by molar-refractivity contribution is 6.32. The van der Waals surface area contributed by atoms with Crippen molar-refractivity contribution in [3.05, 3.63) is 58.4 Å². The number of ether oxygens (including phenoxy) is 1. The molecule has 3 rings (SSSR count). The molecule has 0 spiro atoms. The van der Waals surface area contributed by atoms with E-state index in [1.807, 2.05) is 25.1 Å². The van der Waals surface area contributed by atoms with Crippen LogP contribution in [0.3, 0.4) is 0 Å². The summed E-state index contributed by atoms with van der Waals surface area (Å²) in [6, 6.07) is 10.9. The summed E-state index contributed by atoms with van der Waals surface area (Å²) in [5.41, 5.74) is 1.92. The molecule has 0 amide bonds. The van der Waals surface area contributed by atoms with Gasteiger partial charge in [0.1, 0.15) is 17.3 Å². The van der Waals surface area contributed by atoms with Crippen molar-refractivity contribution in [2.45, 2.75) is 32.4 Å². The van der Waals surface area contributed by atoms with Crippen LogP contribution in [0.1, 0.15) is 24.0 Å². The Kier molecular flexibility index (Phi) is 4.13. The van der Waals surface area contributed by atoms with Crippen molar-refractivity contribution >= 4 is 11.6 Å². The van der Waals surface area contributed by atoms with Crippen LogP contribution in [0, 0.1) is 12.7 Å². The third kappa shape index (κ3) is 3.96. The number of halogens is 2. The van der Waals surface area contributed by atoms with Gasteiger partial charge < -0.3 is 10.1 Å². The zero-order valence-corrected chi connectivity index (χ0v) is 12.6. The summed E-state index contributed by atoms with van der Waals surface area (Å²) < 4.78 is 19.4.